The first kappa shape index (κ1) is 19.0. The van der Waals surface area contributed by atoms with Crippen molar-refractivity contribution in [3.05, 3.63) is 60.2 Å². The molecule has 0 unspecified atom stereocenters. The van der Waals surface area contributed by atoms with Gasteiger partial charge in [0.2, 0.25) is 12.0 Å². The van der Waals surface area contributed by atoms with Crippen LogP contribution >= 0.6 is 11.8 Å². The molecule has 0 aromatic heterocycles. The molecule has 0 aliphatic carbocycles. The van der Waals surface area contributed by atoms with Crippen molar-refractivity contribution in [2.24, 2.45) is 0 Å². The van der Waals surface area contributed by atoms with Crippen molar-refractivity contribution in [3.8, 4) is 0 Å². The number of amides is 2. The lowest BCUT2D eigenvalue weighted by Gasteiger charge is -2.25. The Bertz CT molecular complexity index is 854. The van der Waals surface area contributed by atoms with E-state index < -0.39 is 17.3 Å². The summed E-state index contributed by atoms with van der Waals surface area (Å²) < 4.78 is 5.48. The lowest BCUT2D eigenvalue weighted by Crippen LogP contribution is -2.34. The van der Waals surface area contributed by atoms with Gasteiger partial charge in [-0.05, 0) is 12.1 Å². The standard InChI is InChI=1S/C20H20N2O4S/c1-22(2)20(25)18(13-8-4-3-5-9-13)26-17(23)12-16-19(24)21-14-10-6-7-11-15(14)27-16/h3-11,16,18H,12H2,1-2H3,(H,21,24)/t16-,18-/m0/s1. The lowest BCUT2D eigenvalue weighted by molar-refractivity contribution is -0.160. The molecule has 1 heterocycles. The molecule has 3 rings (SSSR count). The summed E-state index contributed by atoms with van der Waals surface area (Å²) in [6.07, 6.45) is -1.15. The molecule has 0 radical (unpaired) electrons. The largest absolute Gasteiger partial charge is 0.447 e. The zero-order chi connectivity index (χ0) is 19.4. The third-order valence-electron chi connectivity index (χ3n) is 4.08. The highest BCUT2D eigenvalue weighted by Gasteiger charge is 2.32. The summed E-state index contributed by atoms with van der Waals surface area (Å²) in [6, 6.07) is 16.3. The van der Waals surface area contributed by atoms with E-state index in [1.807, 2.05) is 30.3 Å². The van der Waals surface area contributed by atoms with Gasteiger partial charge in [-0.1, -0.05) is 42.5 Å². The highest BCUT2D eigenvalue weighted by Crippen LogP contribution is 2.37. The van der Waals surface area contributed by atoms with Gasteiger partial charge in [0, 0.05) is 24.6 Å². The number of fused-ring (bicyclic) bond motifs is 1. The van der Waals surface area contributed by atoms with E-state index in [4.69, 9.17) is 4.74 Å². The fourth-order valence-corrected chi connectivity index (χ4v) is 3.78. The van der Waals surface area contributed by atoms with E-state index in [1.54, 1.807) is 38.4 Å². The number of hydrogen-bond acceptors (Lipinski definition) is 5. The van der Waals surface area contributed by atoms with Gasteiger partial charge in [-0.3, -0.25) is 14.4 Å². The Morgan fingerprint density at radius 2 is 1.78 bits per heavy atom. The van der Waals surface area contributed by atoms with E-state index >= 15 is 0 Å². The highest BCUT2D eigenvalue weighted by molar-refractivity contribution is 8.01. The van der Waals surface area contributed by atoms with Crippen molar-refractivity contribution < 1.29 is 19.1 Å². The SMILES string of the molecule is CN(C)C(=O)[C@@H](OC(=O)C[C@@H]1Sc2ccccc2NC1=O)c1ccccc1. The minimum absolute atomic E-state index is 0.116. The fourth-order valence-electron chi connectivity index (χ4n) is 2.68. The third kappa shape index (κ3) is 4.49. The molecule has 7 heteroatoms. The third-order valence-corrected chi connectivity index (χ3v) is 5.35. The smallest absolute Gasteiger partial charge is 0.308 e. The number of carbonyl (C=O) groups is 3. The van der Waals surface area contributed by atoms with E-state index in [1.165, 1.54) is 16.7 Å². The molecule has 6 nitrogen and oxygen atoms in total. The number of anilines is 1. The Balaban J connectivity index is 1.71. The van der Waals surface area contributed by atoms with Gasteiger partial charge in [0.15, 0.2) is 0 Å². The molecule has 0 spiro atoms. The van der Waals surface area contributed by atoms with Crippen LogP contribution in [0.3, 0.4) is 0 Å². The van der Waals surface area contributed by atoms with Crippen LogP contribution in [-0.4, -0.2) is 42.0 Å². The number of rotatable bonds is 5. The number of carbonyl (C=O) groups excluding carboxylic acids is 3. The second-order valence-corrected chi connectivity index (χ2v) is 7.55. The molecule has 1 N–H and O–H groups in total. The maximum Gasteiger partial charge on any atom is 0.308 e. The Kier molecular flexibility index (Phi) is 5.81. The van der Waals surface area contributed by atoms with Crippen molar-refractivity contribution in [1.82, 2.24) is 4.90 Å². The molecule has 2 amide bonds. The number of esters is 1. The van der Waals surface area contributed by atoms with Crippen LogP contribution in [0, 0.1) is 0 Å². The average Bonchev–Trinajstić information content (AvgIpc) is 2.66. The minimum Gasteiger partial charge on any atom is -0.447 e. The molecular weight excluding hydrogens is 364 g/mol. The van der Waals surface area contributed by atoms with Crippen LogP contribution in [0.5, 0.6) is 0 Å². The summed E-state index contributed by atoms with van der Waals surface area (Å²) in [5.41, 5.74) is 1.33. The number of para-hydroxylation sites is 1. The topological polar surface area (TPSA) is 75.7 Å². The van der Waals surface area contributed by atoms with Crippen LogP contribution in [0.25, 0.3) is 0 Å². The normalized spacial score (nSPS) is 16.7. The first-order chi connectivity index (χ1) is 13.0. The summed E-state index contributed by atoms with van der Waals surface area (Å²) in [4.78, 5) is 39.5. The van der Waals surface area contributed by atoms with Gasteiger partial charge in [0.25, 0.3) is 5.91 Å². The number of likely N-dealkylation sites (N-methyl/N-ethyl adjacent to an activating group) is 1. The maximum absolute atomic E-state index is 12.5. The van der Waals surface area contributed by atoms with Crippen LogP contribution in [0.15, 0.2) is 59.5 Å². The van der Waals surface area contributed by atoms with Gasteiger partial charge in [-0.25, -0.2) is 0 Å². The van der Waals surface area contributed by atoms with Gasteiger partial charge in [0.1, 0.15) is 0 Å². The number of nitrogens with one attached hydrogen (secondary N) is 1. The first-order valence-electron chi connectivity index (χ1n) is 8.48. The second kappa shape index (κ2) is 8.26. The number of thioether (sulfide) groups is 1. The molecule has 0 fully saturated rings. The van der Waals surface area contributed by atoms with Gasteiger partial charge in [-0.2, -0.15) is 0 Å². The molecule has 0 saturated heterocycles. The molecule has 2 aromatic carbocycles. The summed E-state index contributed by atoms with van der Waals surface area (Å²) in [5.74, 6) is -1.17. The Labute approximate surface area is 161 Å². The molecule has 1 aliphatic heterocycles. The van der Waals surface area contributed by atoms with E-state index in [-0.39, 0.29) is 18.2 Å². The minimum atomic E-state index is -1.03. The monoisotopic (exact) mass is 384 g/mol. The zero-order valence-corrected chi connectivity index (χ0v) is 15.9. The van der Waals surface area contributed by atoms with E-state index in [9.17, 15) is 14.4 Å². The molecule has 0 bridgehead atoms. The van der Waals surface area contributed by atoms with Crippen molar-refractivity contribution in [3.63, 3.8) is 0 Å². The van der Waals surface area contributed by atoms with Gasteiger partial charge in [0.05, 0.1) is 17.4 Å². The van der Waals surface area contributed by atoms with Crippen molar-refractivity contribution >= 4 is 35.2 Å². The van der Waals surface area contributed by atoms with Gasteiger partial charge in [-0.15, -0.1) is 11.8 Å². The lowest BCUT2D eigenvalue weighted by atomic mass is 10.1. The summed E-state index contributed by atoms with van der Waals surface area (Å²) in [5, 5.41) is 2.20. The number of nitrogens with zero attached hydrogens (tertiary/aromatic N) is 1. The summed E-state index contributed by atoms with van der Waals surface area (Å²) in [6.45, 7) is 0. The predicted octanol–water partition coefficient (Wildman–Crippen LogP) is 2.86. The predicted molar refractivity (Wildman–Crippen MR) is 103 cm³/mol. The number of ether oxygens (including phenoxy) is 1. The van der Waals surface area contributed by atoms with Gasteiger partial charge >= 0.3 is 5.97 Å². The van der Waals surface area contributed by atoms with Crippen LogP contribution in [0.2, 0.25) is 0 Å². The summed E-state index contributed by atoms with van der Waals surface area (Å²) in [7, 11) is 3.21. The molecule has 1 aliphatic rings. The molecule has 140 valence electrons. The zero-order valence-electron chi connectivity index (χ0n) is 15.0. The van der Waals surface area contributed by atoms with Crippen LogP contribution < -0.4 is 5.32 Å². The first-order valence-corrected chi connectivity index (χ1v) is 9.36. The van der Waals surface area contributed by atoms with Crippen molar-refractivity contribution in [2.75, 3.05) is 19.4 Å². The molecule has 2 atom stereocenters. The molecule has 2 aromatic rings. The Hall–Kier alpha value is -2.80. The van der Waals surface area contributed by atoms with Crippen molar-refractivity contribution in [2.45, 2.75) is 22.7 Å². The average molecular weight is 384 g/mol. The molecule has 27 heavy (non-hydrogen) atoms. The highest BCUT2D eigenvalue weighted by atomic mass is 32.2. The maximum atomic E-state index is 12.5. The van der Waals surface area contributed by atoms with E-state index in [2.05, 4.69) is 5.32 Å². The quantitative estimate of drug-likeness (QED) is 0.803. The molecular formula is C20H20N2O4S. The second-order valence-electron chi connectivity index (χ2n) is 6.31. The van der Waals surface area contributed by atoms with Crippen molar-refractivity contribution in [1.29, 1.82) is 0 Å². The molecule has 0 saturated carbocycles. The van der Waals surface area contributed by atoms with E-state index in [0.717, 1.165) is 10.6 Å². The fraction of sp³-hybridized carbons (Fsp3) is 0.250. The Morgan fingerprint density at radius 1 is 1.11 bits per heavy atom. The van der Waals surface area contributed by atoms with Crippen LogP contribution in [0.1, 0.15) is 18.1 Å². The summed E-state index contributed by atoms with van der Waals surface area (Å²) >= 11 is 1.32. The number of benzene rings is 2. The number of hydrogen-bond donors (Lipinski definition) is 1. The van der Waals surface area contributed by atoms with Gasteiger partial charge < -0.3 is 15.0 Å². The van der Waals surface area contributed by atoms with Crippen LogP contribution in [0.4, 0.5) is 5.69 Å². The Morgan fingerprint density at radius 3 is 2.48 bits per heavy atom. The van der Waals surface area contributed by atoms with Crippen LogP contribution in [-0.2, 0) is 19.1 Å². The van der Waals surface area contributed by atoms with E-state index in [0.29, 0.717) is 5.56 Å².